The average molecular weight is 406 g/mol. The fraction of sp³-hybridized carbons (Fsp3) is 0.500. The van der Waals surface area contributed by atoms with E-state index in [2.05, 4.69) is 35.2 Å². The summed E-state index contributed by atoms with van der Waals surface area (Å²) in [7, 11) is 0. The molecule has 4 atom stereocenters. The summed E-state index contributed by atoms with van der Waals surface area (Å²) in [5.74, 6) is 1.19. The molecule has 3 aliphatic rings. The summed E-state index contributed by atoms with van der Waals surface area (Å²) in [6.45, 7) is 3.59. The van der Waals surface area contributed by atoms with Gasteiger partial charge in [0.25, 0.3) is 0 Å². The van der Waals surface area contributed by atoms with E-state index in [1.54, 1.807) is 0 Å². The van der Waals surface area contributed by atoms with E-state index in [0.717, 1.165) is 45.3 Å². The van der Waals surface area contributed by atoms with Crippen LogP contribution in [-0.2, 0) is 21.7 Å². The fourth-order valence-electron chi connectivity index (χ4n) is 5.79. The highest BCUT2D eigenvalue weighted by molar-refractivity contribution is 5.81. The van der Waals surface area contributed by atoms with Gasteiger partial charge in [0.15, 0.2) is 5.60 Å². The lowest BCUT2D eigenvalue weighted by atomic mass is 9.80. The van der Waals surface area contributed by atoms with Gasteiger partial charge in [-0.25, -0.2) is 4.79 Å². The maximum Gasteiger partial charge on any atom is 0.343 e. The van der Waals surface area contributed by atoms with Gasteiger partial charge in [0.1, 0.15) is 0 Å². The Balaban J connectivity index is 1.17. The van der Waals surface area contributed by atoms with Crippen molar-refractivity contribution in [2.75, 3.05) is 19.7 Å². The quantitative estimate of drug-likeness (QED) is 0.708. The lowest BCUT2D eigenvalue weighted by molar-refractivity contribution is -0.174. The molecule has 5 rings (SSSR count). The first kappa shape index (κ1) is 19.8. The van der Waals surface area contributed by atoms with E-state index in [0.29, 0.717) is 29.9 Å². The van der Waals surface area contributed by atoms with E-state index in [9.17, 15) is 9.90 Å². The van der Waals surface area contributed by atoms with Crippen LogP contribution in [0.5, 0.6) is 0 Å². The molecule has 1 heterocycles. The maximum atomic E-state index is 13.1. The average Bonchev–Trinajstić information content (AvgIpc) is 3.17. The number of hydrogen-bond donors (Lipinski definition) is 1. The van der Waals surface area contributed by atoms with Gasteiger partial charge in [0.05, 0.1) is 6.61 Å². The first-order chi connectivity index (χ1) is 14.7. The van der Waals surface area contributed by atoms with Gasteiger partial charge in [-0.1, -0.05) is 73.5 Å². The summed E-state index contributed by atoms with van der Waals surface area (Å²) in [5.41, 5.74) is 0.513. The Bertz CT molecular complexity index is 852. The number of piperidine rings is 1. The molecule has 0 amide bonds. The Kier molecular flexibility index (Phi) is 5.38. The summed E-state index contributed by atoms with van der Waals surface area (Å²) in [5, 5.41) is 11.5. The van der Waals surface area contributed by atoms with Gasteiger partial charge < -0.3 is 9.84 Å². The Morgan fingerprint density at radius 2 is 1.57 bits per heavy atom. The van der Waals surface area contributed by atoms with Crippen molar-refractivity contribution in [2.24, 2.45) is 23.7 Å². The highest BCUT2D eigenvalue weighted by Crippen LogP contribution is 2.52. The second-order valence-corrected chi connectivity index (χ2v) is 9.38. The van der Waals surface area contributed by atoms with Crippen LogP contribution in [0.15, 0.2) is 60.7 Å². The van der Waals surface area contributed by atoms with Gasteiger partial charge in [-0.2, -0.15) is 0 Å². The van der Waals surface area contributed by atoms with Crippen molar-refractivity contribution in [3.63, 3.8) is 0 Å². The van der Waals surface area contributed by atoms with Crippen molar-refractivity contribution >= 4 is 5.97 Å². The number of benzene rings is 2. The molecule has 0 aromatic heterocycles. The lowest BCUT2D eigenvalue weighted by Crippen LogP contribution is -2.43. The van der Waals surface area contributed by atoms with E-state index < -0.39 is 11.6 Å². The van der Waals surface area contributed by atoms with Crippen molar-refractivity contribution in [3.05, 3.63) is 71.8 Å². The predicted molar refractivity (Wildman–Crippen MR) is 115 cm³/mol. The largest absolute Gasteiger partial charge is 0.463 e. The Labute approximate surface area is 178 Å². The molecule has 2 saturated carbocycles. The van der Waals surface area contributed by atoms with Crippen LogP contribution < -0.4 is 0 Å². The van der Waals surface area contributed by atoms with Gasteiger partial charge in [-0.3, -0.25) is 4.90 Å². The van der Waals surface area contributed by atoms with Crippen molar-refractivity contribution in [2.45, 2.75) is 37.8 Å². The molecule has 4 nitrogen and oxygen atoms in total. The Morgan fingerprint density at radius 3 is 2.20 bits per heavy atom. The number of carbonyl (C=O) groups is 1. The highest BCUT2D eigenvalue weighted by Gasteiger charge is 2.56. The smallest absolute Gasteiger partial charge is 0.343 e. The molecule has 0 spiro atoms. The molecule has 1 N–H and O–H groups in total. The number of hydrogen-bond acceptors (Lipinski definition) is 4. The SMILES string of the molecule is O=C(OCC1[C@H]2CN(Cc3ccccc3)C[C@@H]12)[C@](O)(c1ccccc1)C1CCCC1. The molecule has 158 valence electrons. The van der Waals surface area contributed by atoms with E-state index in [1.807, 2.05) is 30.3 Å². The molecule has 0 bridgehead atoms. The van der Waals surface area contributed by atoms with Crippen LogP contribution in [0.3, 0.4) is 0 Å². The van der Waals surface area contributed by atoms with E-state index in [4.69, 9.17) is 4.74 Å². The van der Waals surface area contributed by atoms with Crippen LogP contribution in [0.4, 0.5) is 0 Å². The molecule has 0 radical (unpaired) electrons. The zero-order valence-corrected chi connectivity index (χ0v) is 17.5. The van der Waals surface area contributed by atoms with Crippen LogP contribution in [0.1, 0.15) is 36.8 Å². The minimum Gasteiger partial charge on any atom is -0.463 e. The summed E-state index contributed by atoms with van der Waals surface area (Å²) >= 11 is 0. The molecule has 1 saturated heterocycles. The van der Waals surface area contributed by atoms with Crippen molar-refractivity contribution < 1.29 is 14.6 Å². The van der Waals surface area contributed by atoms with E-state index in [1.165, 1.54) is 5.56 Å². The first-order valence-corrected chi connectivity index (χ1v) is 11.4. The third kappa shape index (κ3) is 3.67. The van der Waals surface area contributed by atoms with Crippen molar-refractivity contribution in [1.82, 2.24) is 4.90 Å². The maximum absolute atomic E-state index is 13.1. The van der Waals surface area contributed by atoms with Crippen LogP contribution in [-0.4, -0.2) is 35.7 Å². The second-order valence-electron chi connectivity index (χ2n) is 9.38. The van der Waals surface area contributed by atoms with Gasteiger partial charge in [0, 0.05) is 31.5 Å². The van der Waals surface area contributed by atoms with Gasteiger partial charge >= 0.3 is 5.97 Å². The van der Waals surface area contributed by atoms with Gasteiger partial charge in [-0.05, 0) is 35.8 Å². The molecule has 30 heavy (non-hydrogen) atoms. The summed E-state index contributed by atoms with van der Waals surface area (Å²) < 4.78 is 5.78. The fourth-order valence-corrected chi connectivity index (χ4v) is 5.79. The summed E-state index contributed by atoms with van der Waals surface area (Å²) in [4.78, 5) is 15.6. The third-order valence-corrected chi connectivity index (χ3v) is 7.57. The van der Waals surface area contributed by atoms with E-state index >= 15 is 0 Å². The number of fused-ring (bicyclic) bond motifs is 1. The zero-order chi connectivity index (χ0) is 20.6. The number of rotatable bonds is 7. The Hall–Kier alpha value is -2.17. The topological polar surface area (TPSA) is 49.8 Å². The number of carbonyl (C=O) groups excluding carboxylic acids is 1. The molecule has 4 heteroatoms. The standard InChI is InChI=1S/C26H31NO3/c28-25(26(29,21-13-7-8-14-21)20-11-5-2-6-12-20)30-18-24-22-16-27(17-23(22)24)15-19-9-3-1-4-10-19/h1-6,9-12,21-24,29H,7-8,13-18H2/t22-,23+,24?,26-/m0/s1. The van der Waals surface area contributed by atoms with E-state index in [-0.39, 0.29) is 5.92 Å². The normalized spacial score (nSPS) is 28.1. The first-order valence-electron chi connectivity index (χ1n) is 11.4. The number of aliphatic hydroxyl groups is 1. The number of nitrogens with zero attached hydrogens (tertiary/aromatic N) is 1. The third-order valence-electron chi connectivity index (χ3n) is 7.57. The van der Waals surface area contributed by atoms with Gasteiger partial charge in [0.2, 0.25) is 0 Å². The predicted octanol–water partition coefficient (Wildman–Crippen LogP) is 3.99. The lowest BCUT2D eigenvalue weighted by Gasteiger charge is -2.32. The summed E-state index contributed by atoms with van der Waals surface area (Å²) in [6.07, 6.45) is 3.89. The van der Waals surface area contributed by atoms with Crippen LogP contribution in [0, 0.1) is 23.7 Å². The second kappa shape index (κ2) is 8.16. The monoisotopic (exact) mass is 405 g/mol. The molecule has 2 aliphatic carbocycles. The Morgan fingerprint density at radius 1 is 0.967 bits per heavy atom. The molecular weight excluding hydrogens is 374 g/mol. The number of ether oxygens (including phenoxy) is 1. The molecular formula is C26H31NO3. The van der Waals surface area contributed by atoms with Gasteiger partial charge in [-0.15, -0.1) is 0 Å². The molecule has 1 unspecified atom stereocenters. The molecule has 2 aromatic carbocycles. The molecule has 3 fully saturated rings. The van der Waals surface area contributed by atoms with Crippen LogP contribution >= 0.6 is 0 Å². The zero-order valence-electron chi connectivity index (χ0n) is 17.5. The van der Waals surface area contributed by atoms with Crippen molar-refractivity contribution in [1.29, 1.82) is 0 Å². The molecule has 2 aromatic rings. The van der Waals surface area contributed by atoms with Crippen molar-refractivity contribution in [3.8, 4) is 0 Å². The molecule has 1 aliphatic heterocycles. The summed E-state index contributed by atoms with van der Waals surface area (Å²) in [6, 6.07) is 20.0. The van der Waals surface area contributed by atoms with Crippen LogP contribution in [0.25, 0.3) is 0 Å². The number of likely N-dealkylation sites (tertiary alicyclic amines) is 1. The van der Waals surface area contributed by atoms with Crippen LogP contribution in [0.2, 0.25) is 0 Å². The number of esters is 1. The minimum absolute atomic E-state index is 0.0486. The minimum atomic E-state index is -1.51. The highest BCUT2D eigenvalue weighted by atomic mass is 16.6.